The number of unbranched alkanes of at least 4 members (excludes halogenated alkanes) is 6. The maximum absolute atomic E-state index is 12.1. The number of carbonyl (C=O) groups is 2. The topological polar surface area (TPSA) is 81.9 Å². The van der Waals surface area contributed by atoms with E-state index in [0.29, 0.717) is 37.9 Å². The fourth-order valence-electron chi connectivity index (χ4n) is 5.24. The van der Waals surface area contributed by atoms with Crippen LogP contribution in [0.2, 0.25) is 0 Å². The largest absolute Gasteiger partial charge is 0.466 e. The Labute approximate surface area is 255 Å². The van der Waals surface area contributed by atoms with E-state index in [0.717, 1.165) is 83.0 Å². The van der Waals surface area contributed by atoms with Crippen LogP contribution in [0.3, 0.4) is 0 Å². The minimum atomic E-state index is -0.0321. The zero-order chi connectivity index (χ0) is 30.7. The number of rotatable bonds is 29. The van der Waals surface area contributed by atoms with Gasteiger partial charge in [-0.05, 0) is 82.0 Å². The average molecular weight is 583 g/mol. The van der Waals surface area contributed by atoms with Crippen molar-refractivity contribution in [3.63, 3.8) is 0 Å². The second-order valence-electron chi connectivity index (χ2n) is 13.5. The Hall–Kier alpha value is -1.14. The molecule has 2 atom stereocenters. The molecule has 0 fully saturated rings. The predicted molar refractivity (Wildman–Crippen MR) is 174 cm³/mol. The van der Waals surface area contributed by atoms with E-state index in [4.69, 9.17) is 15.2 Å². The van der Waals surface area contributed by atoms with E-state index < -0.39 is 0 Å². The maximum atomic E-state index is 12.1. The molecule has 0 saturated carbocycles. The van der Waals surface area contributed by atoms with Gasteiger partial charge in [-0.25, -0.2) is 0 Å². The summed E-state index contributed by atoms with van der Waals surface area (Å²) < 4.78 is 10.9. The van der Waals surface area contributed by atoms with Gasteiger partial charge in [0.2, 0.25) is 0 Å². The van der Waals surface area contributed by atoms with Crippen molar-refractivity contribution in [2.45, 2.75) is 151 Å². The summed E-state index contributed by atoms with van der Waals surface area (Å²) in [5, 5.41) is 0. The van der Waals surface area contributed by atoms with Crippen LogP contribution < -0.4 is 5.73 Å². The van der Waals surface area contributed by atoms with Crippen molar-refractivity contribution in [1.29, 1.82) is 0 Å². The van der Waals surface area contributed by atoms with Crippen molar-refractivity contribution in [2.24, 2.45) is 29.4 Å². The van der Waals surface area contributed by atoms with Crippen molar-refractivity contribution < 1.29 is 19.1 Å². The lowest BCUT2D eigenvalue weighted by molar-refractivity contribution is -0.145. The first-order chi connectivity index (χ1) is 19.6. The third kappa shape index (κ3) is 28.7. The van der Waals surface area contributed by atoms with Crippen LogP contribution in [0.1, 0.15) is 151 Å². The van der Waals surface area contributed by atoms with Crippen LogP contribution >= 0.6 is 0 Å². The molecule has 0 aromatic heterocycles. The van der Waals surface area contributed by atoms with Gasteiger partial charge in [-0.3, -0.25) is 9.59 Å². The maximum Gasteiger partial charge on any atom is 0.306 e. The highest BCUT2D eigenvalue weighted by Gasteiger charge is 2.12. The van der Waals surface area contributed by atoms with Gasteiger partial charge >= 0.3 is 11.9 Å². The van der Waals surface area contributed by atoms with Crippen LogP contribution in [0.5, 0.6) is 0 Å². The van der Waals surface area contributed by atoms with Gasteiger partial charge in [0, 0.05) is 12.8 Å². The van der Waals surface area contributed by atoms with Gasteiger partial charge in [-0.15, -0.1) is 0 Å². The molecule has 0 heterocycles. The quantitative estimate of drug-likeness (QED) is 0.0703. The first kappa shape index (κ1) is 39.9. The molecular formula is C35H70N2O4. The normalized spacial score (nSPS) is 13.2. The first-order valence-corrected chi connectivity index (χ1v) is 17.4. The fourth-order valence-corrected chi connectivity index (χ4v) is 5.24. The molecule has 0 amide bonds. The minimum Gasteiger partial charge on any atom is -0.466 e. The van der Waals surface area contributed by atoms with Crippen LogP contribution in [0.4, 0.5) is 0 Å². The second-order valence-corrected chi connectivity index (χ2v) is 13.5. The fraction of sp³-hybridized carbons (Fsp3) is 0.943. The molecule has 6 heteroatoms. The van der Waals surface area contributed by atoms with Crippen molar-refractivity contribution in [1.82, 2.24) is 4.90 Å². The van der Waals surface area contributed by atoms with E-state index in [1.54, 1.807) is 0 Å². The Morgan fingerprint density at radius 3 is 1.32 bits per heavy atom. The standard InChI is InChI=1S/C35H70N2O4/c1-30(2)18-15-20-32(5)28-34(38)40-26-13-9-7-11-23-37(25-17-22-36)24-12-8-10-14-27-41-35(39)29-33(6)21-16-19-31(3)4/h30-33H,7-29,36H2,1-6H3. The van der Waals surface area contributed by atoms with E-state index in [1.165, 1.54) is 51.4 Å². The number of hydrogen-bond donors (Lipinski definition) is 1. The lowest BCUT2D eigenvalue weighted by atomic mass is 9.97. The van der Waals surface area contributed by atoms with Gasteiger partial charge in [0.15, 0.2) is 0 Å². The Morgan fingerprint density at radius 1 is 0.537 bits per heavy atom. The van der Waals surface area contributed by atoms with Gasteiger partial charge in [-0.2, -0.15) is 0 Å². The van der Waals surface area contributed by atoms with E-state index in [-0.39, 0.29) is 11.9 Å². The molecule has 0 radical (unpaired) electrons. The van der Waals surface area contributed by atoms with Gasteiger partial charge in [-0.1, -0.05) is 106 Å². The molecule has 2 unspecified atom stereocenters. The van der Waals surface area contributed by atoms with Crippen LogP contribution in [0, 0.1) is 23.7 Å². The zero-order valence-corrected chi connectivity index (χ0v) is 28.2. The summed E-state index contributed by atoms with van der Waals surface area (Å²) in [6.07, 6.45) is 18.1. The third-order valence-electron chi connectivity index (χ3n) is 7.93. The molecule has 0 aromatic rings. The summed E-state index contributed by atoms with van der Waals surface area (Å²) >= 11 is 0. The highest BCUT2D eigenvalue weighted by molar-refractivity contribution is 5.69. The Morgan fingerprint density at radius 2 is 0.927 bits per heavy atom. The number of carbonyl (C=O) groups excluding carboxylic acids is 2. The molecule has 0 bridgehead atoms. The van der Waals surface area contributed by atoms with E-state index in [1.807, 2.05) is 0 Å². The predicted octanol–water partition coefficient (Wildman–Crippen LogP) is 8.55. The molecular weight excluding hydrogens is 512 g/mol. The summed E-state index contributed by atoms with van der Waals surface area (Å²) in [5.41, 5.74) is 5.77. The Bertz CT molecular complexity index is 563. The van der Waals surface area contributed by atoms with E-state index >= 15 is 0 Å². The van der Waals surface area contributed by atoms with Crippen LogP contribution in [-0.2, 0) is 19.1 Å². The summed E-state index contributed by atoms with van der Waals surface area (Å²) in [7, 11) is 0. The molecule has 0 aliphatic heterocycles. The minimum absolute atomic E-state index is 0.0321. The average Bonchev–Trinajstić information content (AvgIpc) is 2.89. The summed E-state index contributed by atoms with van der Waals surface area (Å²) in [6.45, 7) is 18.5. The number of hydrogen-bond acceptors (Lipinski definition) is 6. The molecule has 0 saturated heterocycles. The van der Waals surface area contributed by atoms with E-state index in [2.05, 4.69) is 46.4 Å². The smallest absolute Gasteiger partial charge is 0.306 e. The van der Waals surface area contributed by atoms with Crippen LogP contribution in [-0.4, -0.2) is 56.2 Å². The summed E-state index contributed by atoms with van der Waals surface area (Å²) in [6, 6.07) is 0. The molecule has 0 spiro atoms. The van der Waals surface area contributed by atoms with Crippen molar-refractivity contribution in [3.8, 4) is 0 Å². The number of nitrogens with zero attached hydrogens (tertiary/aromatic N) is 1. The highest BCUT2D eigenvalue weighted by atomic mass is 16.5. The summed E-state index contributed by atoms with van der Waals surface area (Å²) in [4.78, 5) is 26.7. The Kier molecular flexibility index (Phi) is 26.9. The van der Waals surface area contributed by atoms with Gasteiger partial charge in [0.05, 0.1) is 13.2 Å². The van der Waals surface area contributed by atoms with Crippen molar-refractivity contribution >= 4 is 11.9 Å². The molecule has 41 heavy (non-hydrogen) atoms. The number of nitrogens with two attached hydrogens (primary N) is 1. The SMILES string of the molecule is CC(C)CCCC(C)CC(=O)OCCCCCCN(CCCN)CCCCCCOC(=O)CC(C)CCCC(C)C. The van der Waals surface area contributed by atoms with Crippen LogP contribution in [0.15, 0.2) is 0 Å². The van der Waals surface area contributed by atoms with Crippen molar-refractivity contribution in [2.75, 3.05) is 39.4 Å². The summed E-state index contributed by atoms with van der Waals surface area (Å²) in [5.74, 6) is 2.24. The monoisotopic (exact) mass is 583 g/mol. The van der Waals surface area contributed by atoms with Gasteiger partial charge in [0.1, 0.15) is 0 Å². The molecule has 0 aliphatic carbocycles. The molecule has 0 rings (SSSR count). The van der Waals surface area contributed by atoms with Crippen molar-refractivity contribution in [3.05, 3.63) is 0 Å². The number of ether oxygens (including phenoxy) is 2. The molecule has 2 N–H and O–H groups in total. The zero-order valence-electron chi connectivity index (χ0n) is 28.2. The lowest BCUT2D eigenvalue weighted by Crippen LogP contribution is -2.28. The molecule has 0 aromatic carbocycles. The van der Waals surface area contributed by atoms with E-state index in [9.17, 15) is 9.59 Å². The third-order valence-corrected chi connectivity index (χ3v) is 7.93. The Balaban J connectivity index is 3.82. The molecule has 6 nitrogen and oxygen atoms in total. The van der Waals surface area contributed by atoms with Crippen LogP contribution in [0.25, 0.3) is 0 Å². The highest BCUT2D eigenvalue weighted by Crippen LogP contribution is 2.17. The number of esters is 2. The second kappa shape index (κ2) is 27.7. The molecule has 244 valence electrons. The lowest BCUT2D eigenvalue weighted by Gasteiger charge is -2.22. The van der Waals surface area contributed by atoms with Gasteiger partial charge < -0.3 is 20.1 Å². The molecule has 0 aliphatic rings. The first-order valence-electron chi connectivity index (χ1n) is 17.4. The van der Waals surface area contributed by atoms with Gasteiger partial charge in [0.25, 0.3) is 0 Å².